The SMILES string of the molecule is Cc1cc(C)n(CC(=O)N2CC(N(Cc3cccnc3)CC(C)C)C2)n1. The Hall–Kier alpha value is -2.21. The van der Waals surface area contributed by atoms with Crippen LogP contribution >= 0.6 is 0 Å². The Kier molecular flexibility index (Phi) is 5.71. The Morgan fingerprint density at radius 2 is 2.12 bits per heavy atom. The number of nitrogens with zero attached hydrogens (tertiary/aromatic N) is 5. The summed E-state index contributed by atoms with van der Waals surface area (Å²) >= 11 is 0. The third-order valence-corrected chi connectivity index (χ3v) is 4.83. The van der Waals surface area contributed by atoms with Gasteiger partial charge in [-0.25, -0.2) is 0 Å². The van der Waals surface area contributed by atoms with E-state index in [-0.39, 0.29) is 5.91 Å². The molecule has 0 bridgehead atoms. The molecule has 0 aromatic carbocycles. The van der Waals surface area contributed by atoms with Crippen molar-refractivity contribution in [2.45, 2.75) is 46.8 Å². The molecule has 0 unspecified atom stereocenters. The van der Waals surface area contributed by atoms with Crippen LogP contribution in [-0.2, 0) is 17.9 Å². The predicted molar refractivity (Wildman–Crippen MR) is 102 cm³/mol. The number of amides is 1. The molecule has 0 N–H and O–H groups in total. The van der Waals surface area contributed by atoms with E-state index in [1.165, 1.54) is 5.56 Å². The summed E-state index contributed by atoms with van der Waals surface area (Å²) in [5, 5.41) is 4.39. The highest BCUT2D eigenvalue weighted by atomic mass is 16.2. The average Bonchev–Trinajstić information content (AvgIpc) is 2.83. The van der Waals surface area contributed by atoms with Crippen LogP contribution in [0, 0.1) is 19.8 Å². The van der Waals surface area contributed by atoms with Crippen molar-refractivity contribution in [3.8, 4) is 0 Å². The van der Waals surface area contributed by atoms with Gasteiger partial charge in [-0.15, -0.1) is 0 Å². The van der Waals surface area contributed by atoms with Crippen molar-refractivity contribution in [1.82, 2.24) is 24.6 Å². The van der Waals surface area contributed by atoms with E-state index in [4.69, 9.17) is 0 Å². The number of aromatic nitrogens is 3. The maximum atomic E-state index is 12.5. The number of pyridine rings is 1. The Morgan fingerprint density at radius 1 is 1.35 bits per heavy atom. The highest BCUT2D eigenvalue weighted by Gasteiger charge is 2.35. The zero-order valence-corrected chi connectivity index (χ0v) is 16.2. The molecule has 0 saturated carbocycles. The van der Waals surface area contributed by atoms with Crippen LogP contribution in [-0.4, -0.2) is 56.1 Å². The van der Waals surface area contributed by atoms with Crippen LogP contribution in [0.15, 0.2) is 30.6 Å². The van der Waals surface area contributed by atoms with E-state index < -0.39 is 0 Å². The molecular weight excluding hydrogens is 326 g/mol. The molecule has 6 nitrogen and oxygen atoms in total. The molecular formula is C20H29N5O. The monoisotopic (exact) mass is 355 g/mol. The van der Waals surface area contributed by atoms with Gasteiger partial charge in [-0.05, 0) is 37.5 Å². The fraction of sp³-hybridized carbons (Fsp3) is 0.550. The molecule has 0 atom stereocenters. The van der Waals surface area contributed by atoms with Gasteiger partial charge in [0.1, 0.15) is 6.54 Å². The Balaban J connectivity index is 1.56. The zero-order chi connectivity index (χ0) is 18.7. The van der Waals surface area contributed by atoms with Crippen molar-refractivity contribution in [2.24, 2.45) is 5.92 Å². The number of hydrogen-bond acceptors (Lipinski definition) is 4. The average molecular weight is 355 g/mol. The molecule has 1 amide bonds. The normalized spacial score (nSPS) is 14.9. The van der Waals surface area contributed by atoms with Crippen LogP contribution in [0.25, 0.3) is 0 Å². The third kappa shape index (κ3) is 4.49. The lowest BCUT2D eigenvalue weighted by Gasteiger charge is -2.46. The summed E-state index contributed by atoms with van der Waals surface area (Å²) in [5.74, 6) is 0.740. The summed E-state index contributed by atoms with van der Waals surface area (Å²) < 4.78 is 1.80. The molecule has 26 heavy (non-hydrogen) atoms. The van der Waals surface area contributed by atoms with Crippen molar-refractivity contribution in [2.75, 3.05) is 19.6 Å². The van der Waals surface area contributed by atoms with Gasteiger partial charge < -0.3 is 4.90 Å². The Morgan fingerprint density at radius 3 is 2.69 bits per heavy atom. The first-order valence-corrected chi connectivity index (χ1v) is 9.34. The molecule has 0 aliphatic carbocycles. The van der Waals surface area contributed by atoms with Crippen LogP contribution in [0.4, 0.5) is 0 Å². The molecule has 2 aromatic rings. The molecule has 1 aliphatic rings. The molecule has 3 rings (SSSR count). The smallest absolute Gasteiger partial charge is 0.244 e. The molecule has 3 heterocycles. The number of carbonyl (C=O) groups excluding carboxylic acids is 1. The molecule has 2 aromatic heterocycles. The quantitative estimate of drug-likeness (QED) is 0.764. The topological polar surface area (TPSA) is 54.3 Å². The molecule has 6 heteroatoms. The minimum atomic E-state index is 0.151. The predicted octanol–water partition coefficient (Wildman–Crippen LogP) is 2.26. The summed E-state index contributed by atoms with van der Waals surface area (Å²) in [7, 11) is 0. The molecule has 1 aliphatic heterocycles. The lowest BCUT2D eigenvalue weighted by Crippen LogP contribution is -2.61. The van der Waals surface area contributed by atoms with Crippen molar-refractivity contribution in [3.05, 3.63) is 47.5 Å². The minimum absolute atomic E-state index is 0.151. The van der Waals surface area contributed by atoms with E-state index in [2.05, 4.69) is 34.9 Å². The first kappa shape index (κ1) is 18.6. The zero-order valence-electron chi connectivity index (χ0n) is 16.2. The number of likely N-dealkylation sites (tertiary alicyclic amines) is 1. The molecule has 0 spiro atoms. The second-order valence-electron chi connectivity index (χ2n) is 7.72. The highest BCUT2D eigenvalue weighted by Crippen LogP contribution is 2.20. The molecule has 0 radical (unpaired) electrons. The van der Waals surface area contributed by atoms with E-state index in [9.17, 15) is 4.79 Å². The Bertz CT molecular complexity index is 734. The third-order valence-electron chi connectivity index (χ3n) is 4.83. The first-order chi connectivity index (χ1) is 12.4. The Labute approximate surface area is 155 Å². The van der Waals surface area contributed by atoms with Gasteiger partial charge in [0, 0.05) is 50.3 Å². The molecule has 1 saturated heterocycles. The van der Waals surface area contributed by atoms with Gasteiger partial charge in [-0.3, -0.25) is 19.4 Å². The summed E-state index contributed by atoms with van der Waals surface area (Å²) in [6, 6.07) is 6.52. The van der Waals surface area contributed by atoms with Crippen molar-refractivity contribution in [1.29, 1.82) is 0 Å². The standard InChI is InChI=1S/C20H29N5O/c1-15(2)10-23(11-18-6-5-7-21-9-18)19-12-24(13-19)20(26)14-25-17(4)8-16(3)22-25/h5-9,15,19H,10-14H2,1-4H3. The van der Waals surface area contributed by atoms with Gasteiger partial charge >= 0.3 is 0 Å². The van der Waals surface area contributed by atoms with Gasteiger partial charge in [0.05, 0.1) is 5.69 Å². The van der Waals surface area contributed by atoms with Crippen LogP contribution in [0.3, 0.4) is 0 Å². The minimum Gasteiger partial charge on any atom is -0.338 e. The van der Waals surface area contributed by atoms with E-state index in [0.717, 1.165) is 37.6 Å². The van der Waals surface area contributed by atoms with Crippen LogP contribution in [0.2, 0.25) is 0 Å². The summed E-state index contributed by atoms with van der Waals surface area (Å²) in [4.78, 5) is 21.2. The lowest BCUT2D eigenvalue weighted by atomic mass is 10.0. The summed E-state index contributed by atoms with van der Waals surface area (Å²) in [6.45, 7) is 12.3. The van der Waals surface area contributed by atoms with Crippen molar-refractivity contribution in [3.63, 3.8) is 0 Å². The highest BCUT2D eigenvalue weighted by molar-refractivity contribution is 5.77. The van der Waals surface area contributed by atoms with Gasteiger partial charge in [0.2, 0.25) is 5.91 Å². The lowest BCUT2D eigenvalue weighted by molar-refractivity contribution is -0.139. The van der Waals surface area contributed by atoms with E-state index >= 15 is 0 Å². The molecule has 1 fully saturated rings. The molecule has 140 valence electrons. The fourth-order valence-corrected chi connectivity index (χ4v) is 3.49. The maximum Gasteiger partial charge on any atom is 0.244 e. The number of carbonyl (C=O) groups is 1. The van der Waals surface area contributed by atoms with Gasteiger partial charge in [0.15, 0.2) is 0 Å². The van der Waals surface area contributed by atoms with E-state index in [1.54, 1.807) is 10.9 Å². The second-order valence-corrected chi connectivity index (χ2v) is 7.72. The number of hydrogen-bond donors (Lipinski definition) is 0. The van der Waals surface area contributed by atoms with Crippen molar-refractivity contribution < 1.29 is 4.79 Å². The number of aryl methyl sites for hydroxylation is 2. The van der Waals surface area contributed by atoms with Crippen LogP contribution in [0.1, 0.15) is 30.8 Å². The van der Waals surface area contributed by atoms with Crippen LogP contribution < -0.4 is 0 Å². The van der Waals surface area contributed by atoms with Gasteiger partial charge in [0.25, 0.3) is 0 Å². The van der Waals surface area contributed by atoms with Gasteiger partial charge in [-0.2, -0.15) is 5.10 Å². The largest absolute Gasteiger partial charge is 0.338 e. The van der Waals surface area contributed by atoms with Crippen LogP contribution in [0.5, 0.6) is 0 Å². The second kappa shape index (κ2) is 7.99. The van der Waals surface area contributed by atoms with Gasteiger partial charge in [-0.1, -0.05) is 19.9 Å². The maximum absolute atomic E-state index is 12.5. The van der Waals surface area contributed by atoms with Crippen molar-refractivity contribution >= 4 is 5.91 Å². The van der Waals surface area contributed by atoms with E-state index in [1.807, 2.05) is 37.1 Å². The summed E-state index contributed by atoms with van der Waals surface area (Å²) in [6.07, 6.45) is 3.73. The summed E-state index contributed by atoms with van der Waals surface area (Å²) in [5.41, 5.74) is 3.21. The fourth-order valence-electron chi connectivity index (χ4n) is 3.49. The first-order valence-electron chi connectivity index (χ1n) is 9.34. The number of rotatable bonds is 7. The van der Waals surface area contributed by atoms with E-state index in [0.29, 0.717) is 18.5 Å².